The van der Waals surface area contributed by atoms with Crippen molar-refractivity contribution < 1.29 is 0 Å². The van der Waals surface area contributed by atoms with E-state index in [4.69, 9.17) is 23.2 Å². The van der Waals surface area contributed by atoms with Gasteiger partial charge in [0.25, 0.3) is 0 Å². The summed E-state index contributed by atoms with van der Waals surface area (Å²) in [5.74, 6) is 0. The van der Waals surface area contributed by atoms with Crippen molar-refractivity contribution in [3.05, 3.63) is 38.7 Å². The lowest BCUT2D eigenvalue weighted by Gasteiger charge is -2.04. The second kappa shape index (κ2) is 3.26. The van der Waals surface area contributed by atoms with E-state index in [2.05, 4.69) is 4.98 Å². The molecule has 14 heavy (non-hydrogen) atoms. The zero-order chi connectivity index (χ0) is 10.3. The molecule has 0 aliphatic heterocycles. The Hall–Kier alpha value is -1.06. The summed E-state index contributed by atoms with van der Waals surface area (Å²) in [7, 11) is 1.78. The molecule has 2 rings (SSSR count). The van der Waals surface area contributed by atoms with Gasteiger partial charge in [0.15, 0.2) is 5.43 Å². The quantitative estimate of drug-likeness (QED) is 0.649. The smallest absolute Gasteiger partial charge is 0.192 e. The molecule has 0 aliphatic carbocycles. The minimum absolute atomic E-state index is 0.146. The molecule has 0 unspecified atom stereocenters. The van der Waals surface area contributed by atoms with Crippen molar-refractivity contribution in [1.29, 1.82) is 0 Å². The number of pyridine rings is 2. The fourth-order valence-electron chi connectivity index (χ4n) is 1.29. The van der Waals surface area contributed by atoms with Gasteiger partial charge in [-0.2, -0.15) is 0 Å². The number of fused-ring (bicyclic) bond motifs is 1. The third-order valence-electron chi connectivity index (χ3n) is 1.95. The van der Waals surface area contributed by atoms with Crippen molar-refractivity contribution in [2.45, 2.75) is 0 Å². The predicted octanol–water partition coefficient (Wildman–Crippen LogP) is 2.24. The van der Waals surface area contributed by atoms with Gasteiger partial charge in [-0.1, -0.05) is 23.2 Å². The molecule has 0 spiro atoms. The van der Waals surface area contributed by atoms with Crippen molar-refractivity contribution in [3.63, 3.8) is 0 Å². The molecule has 0 fully saturated rings. The lowest BCUT2D eigenvalue weighted by Crippen LogP contribution is -2.07. The molecule has 0 aromatic carbocycles. The Morgan fingerprint density at radius 2 is 2.14 bits per heavy atom. The minimum Gasteiger partial charge on any atom is -0.335 e. The average Bonchev–Trinajstić information content (AvgIpc) is 2.10. The SMILES string of the molecule is Cn1ccc(=O)c2c(Cl)cc(Cl)nc21. The van der Waals surface area contributed by atoms with Gasteiger partial charge in [0.2, 0.25) is 0 Å². The Morgan fingerprint density at radius 1 is 1.43 bits per heavy atom. The summed E-state index contributed by atoms with van der Waals surface area (Å²) < 4.78 is 1.70. The first-order chi connectivity index (χ1) is 6.59. The Bertz CT molecular complexity index is 562. The number of hydrogen-bond acceptors (Lipinski definition) is 2. The molecule has 2 heterocycles. The standard InChI is InChI=1S/C9H6Cl2N2O/c1-13-3-2-6(14)8-5(10)4-7(11)12-9(8)13/h2-4H,1H3. The highest BCUT2D eigenvalue weighted by Crippen LogP contribution is 2.21. The van der Waals surface area contributed by atoms with Gasteiger partial charge in [0, 0.05) is 19.3 Å². The molecule has 3 nitrogen and oxygen atoms in total. The molecule has 0 radical (unpaired) electrons. The Morgan fingerprint density at radius 3 is 2.86 bits per heavy atom. The zero-order valence-electron chi connectivity index (χ0n) is 7.29. The van der Waals surface area contributed by atoms with Crippen LogP contribution in [-0.2, 0) is 7.05 Å². The van der Waals surface area contributed by atoms with Gasteiger partial charge in [-0.15, -0.1) is 0 Å². The average molecular weight is 229 g/mol. The van der Waals surface area contributed by atoms with Gasteiger partial charge in [-0.3, -0.25) is 4.79 Å². The third kappa shape index (κ3) is 1.38. The van der Waals surface area contributed by atoms with Gasteiger partial charge in [0.1, 0.15) is 10.8 Å². The van der Waals surface area contributed by atoms with Crippen LogP contribution in [0, 0.1) is 0 Å². The van der Waals surface area contributed by atoms with Crippen LogP contribution >= 0.6 is 23.2 Å². The van der Waals surface area contributed by atoms with E-state index >= 15 is 0 Å². The molecular weight excluding hydrogens is 223 g/mol. The maximum absolute atomic E-state index is 11.5. The van der Waals surface area contributed by atoms with Gasteiger partial charge in [-0.05, 0) is 6.07 Å². The fraction of sp³-hybridized carbons (Fsp3) is 0.111. The third-order valence-corrected chi connectivity index (χ3v) is 2.44. The van der Waals surface area contributed by atoms with Crippen molar-refractivity contribution in [2.75, 3.05) is 0 Å². The molecule has 72 valence electrons. The van der Waals surface area contributed by atoms with Crippen LogP contribution in [0.15, 0.2) is 23.1 Å². The van der Waals surface area contributed by atoms with E-state index in [1.165, 1.54) is 12.1 Å². The van der Waals surface area contributed by atoms with Gasteiger partial charge in [-0.25, -0.2) is 4.98 Å². The summed E-state index contributed by atoms with van der Waals surface area (Å²) in [4.78, 5) is 15.5. The number of aromatic nitrogens is 2. The van der Waals surface area contributed by atoms with Gasteiger partial charge >= 0.3 is 0 Å². The normalized spacial score (nSPS) is 10.8. The lowest BCUT2D eigenvalue weighted by atomic mass is 10.3. The number of nitrogens with zero attached hydrogens (tertiary/aromatic N) is 2. The first kappa shape index (κ1) is 9.49. The first-order valence-corrected chi connectivity index (χ1v) is 4.66. The number of aryl methyl sites for hydroxylation is 1. The van der Waals surface area contributed by atoms with Crippen LogP contribution in [0.1, 0.15) is 0 Å². The minimum atomic E-state index is -0.146. The highest BCUT2D eigenvalue weighted by molar-refractivity contribution is 6.37. The second-order valence-corrected chi connectivity index (χ2v) is 3.71. The molecule has 0 bridgehead atoms. The Kier molecular flexibility index (Phi) is 2.21. The van der Waals surface area contributed by atoms with Crippen molar-refractivity contribution in [3.8, 4) is 0 Å². The van der Waals surface area contributed by atoms with E-state index in [-0.39, 0.29) is 10.6 Å². The molecule has 0 aliphatic rings. The highest BCUT2D eigenvalue weighted by Gasteiger charge is 2.07. The maximum Gasteiger partial charge on any atom is 0.192 e. The molecular formula is C9H6Cl2N2O. The van der Waals surface area contributed by atoms with Crippen LogP contribution in [-0.4, -0.2) is 9.55 Å². The Balaban J connectivity index is 3.08. The largest absolute Gasteiger partial charge is 0.335 e. The molecule has 0 saturated heterocycles. The molecule has 5 heteroatoms. The highest BCUT2D eigenvalue weighted by atomic mass is 35.5. The molecule has 0 N–H and O–H groups in total. The van der Waals surface area contributed by atoms with E-state index in [0.29, 0.717) is 16.1 Å². The van der Waals surface area contributed by atoms with Crippen LogP contribution < -0.4 is 5.43 Å². The van der Waals surface area contributed by atoms with Gasteiger partial charge in [0.05, 0.1) is 10.4 Å². The zero-order valence-corrected chi connectivity index (χ0v) is 8.80. The first-order valence-electron chi connectivity index (χ1n) is 3.91. The van der Waals surface area contributed by atoms with Crippen LogP contribution in [0.5, 0.6) is 0 Å². The lowest BCUT2D eigenvalue weighted by molar-refractivity contribution is 0.929. The summed E-state index contributed by atoms with van der Waals surface area (Å²) >= 11 is 11.6. The number of rotatable bonds is 0. The number of hydrogen-bond donors (Lipinski definition) is 0. The van der Waals surface area contributed by atoms with E-state index in [1.807, 2.05) is 0 Å². The van der Waals surface area contributed by atoms with Crippen LogP contribution in [0.25, 0.3) is 11.0 Å². The van der Waals surface area contributed by atoms with Crippen LogP contribution in [0.4, 0.5) is 0 Å². The van der Waals surface area contributed by atoms with Crippen LogP contribution in [0.3, 0.4) is 0 Å². The number of halogens is 2. The predicted molar refractivity (Wildman–Crippen MR) is 57.0 cm³/mol. The Labute approximate surface area is 89.9 Å². The van der Waals surface area contributed by atoms with E-state index in [1.54, 1.807) is 17.8 Å². The molecule has 2 aromatic rings. The summed E-state index contributed by atoms with van der Waals surface area (Å²) in [6.07, 6.45) is 1.63. The van der Waals surface area contributed by atoms with Gasteiger partial charge < -0.3 is 4.57 Å². The van der Waals surface area contributed by atoms with Crippen molar-refractivity contribution >= 4 is 34.2 Å². The molecule has 0 atom stereocenters. The van der Waals surface area contributed by atoms with E-state index in [9.17, 15) is 4.79 Å². The monoisotopic (exact) mass is 228 g/mol. The van der Waals surface area contributed by atoms with Crippen molar-refractivity contribution in [2.24, 2.45) is 7.05 Å². The molecule has 2 aromatic heterocycles. The molecule has 0 saturated carbocycles. The summed E-state index contributed by atoms with van der Waals surface area (Å²) in [6, 6.07) is 2.91. The summed E-state index contributed by atoms with van der Waals surface area (Å²) in [6.45, 7) is 0. The van der Waals surface area contributed by atoms with Crippen LogP contribution in [0.2, 0.25) is 10.2 Å². The maximum atomic E-state index is 11.5. The summed E-state index contributed by atoms with van der Waals surface area (Å²) in [5.41, 5.74) is 0.349. The topological polar surface area (TPSA) is 34.9 Å². The van der Waals surface area contributed by atoms with Crippen molar-refractivity contribution in [1.82, 2.24) is 9.55 Å². The fourth-order valence-corrected chi connectivity index (χ4v) is 1.82. The van der Waals surface area contributed by atoms with E-state index < -0.39 is 0 Å². The van der Waals surface area contributed by atoms with E-state index in [0.717, 1.165) is 0 Å². The second-order valence-electron chi connectivity index (χ2n) is 2.92. The summed E-state index contributed by atoms with van der Waals surface area (Å²) in [5, 5.41) is 1.02. The molecule has 0 amide bonds.